The van der Waals surface area contributed by atoms with Crippen molar-refractivity contribution in [3.05, 3.63) is 64.2 Å². The van der Waals surface area contributed by atoms with E-state index in [-0.39, 0.29) is 17.5 Å². The van der Waals surface area contributed by atoms with Crippen LogP contribution in [0.2, 0.25) is 0 Å². The fourth-order valence-corrected chi connectivity index (χ4v) is 3.61. The molecule has 1 aliphatic heterocycles. The number of hydrogen-bond donors (Lipinski definition) is 2. The quantitative estimate of drug-likeness (QED) is 0.677. The zero-order valence-corrected chi connectivity index (χ0v) is 15.7. The molecule has 0 saturated carbocycles. The minimum atomic E-state index is -0.267. The molecule has 8 nitrogen and oxygen atoms in total. The summed E-state index contributed by atoms with van der Waals surface area (Å²) in [4.78, 5) is 31.4. The average Bonchev–Trinajstić information content (AvgIpc) is 3.38. The number of benzene rings is 1. The molecule has 0 radical (unpaired) electrons. The molecular formula is C20H23N5O3. The van der Waals surface area contributed by atoms with Crippen LogP contribution < -0.4 is 15.6 Å². The van der Waals surface area contributed by atoms with E-state index in [1.54, 1.807) is 7.11 Å². The van der Waals surface area contributed by atoms with Gasteiger partial charge in [-0.05, 0) is 43.6 Å². The van der Waals surface area contributed by atoms with E-state index in [9.17, 15) is 9.59 Å². The Morgan fingerprint density at radius 3 is 2.71 bits per heavy atom. The summed E-state index contributed by atoms with van der Waals surface area (Å²) >= 11 is 0. The van der Waals surface area contributed by atoms with Gasteiger partial charge in [0.15, 0.2) is 5.65 Å². The number of carbonyl (C=O) groups is 1. The first kappa shape index (κ1) is 18.2. The van der Waals surface area contributed by atoms with E-state index in [2.05, 4.69) is 20.3 Å². The number of fused-ring (bicyclic) bond motifs is 1. The van der Waals surface area contributed by atoms with Gasteiger partial charge in [-0.3, -0.25) is 14.7 Å². The Balaban J connectivity index is 1.60. The van der Waals surface area contributed by atoms with Crippen molar-refractivity contribution >= 4 is 11.6 Å². The van der Waals surface area contributed by atoms with E-state index < -0.39 is 0 Å². The maximum Gasteiger partial charge on any atom is 0.272 e. The fraction of sp³-hybridized carbons (Fsp3) is 0.350. The van der Waals surface area contributed by atoms with Gasteiger partial charge in [0.05, 0.1) is 13.2 Å². The number of ether oxygens (including phenoxy) is 1. The molecule has 0 bridgehead atoms. The van der Waals surface area contributed by atoms with Gasteiger partial charge in [0.1, 0.15) is 11.3 Å². The highest BCUT2D eigenvalue weighted by Gasteiger charge is 2.23. The third-order valence-corrected chi connectivity index (χ3v) is 5.13. The zero-order chi connectivity index (χ0) is 19.5. The number of hydrogen-bond acceptors (Lipinski definition) is 5. The first-order valence-electron chi connectivity index (χ1n) is 9.38. The number of aromatic amines is 1. The van der Waals surface area contributed by atoms with Crippen LogP contribution >= 0.6 is 0 Å². The molecule has 1 fully saturated rings. The molecule has 2 aromatic heterocycles. The van der Waals surface area contributed by atoms with E-state index in [4.69, 9.17) is 4.74 Å². The van der Waals surface area contributed by atoms with Crippen molar-refractivity contribution in [2.24, 2.45) is 0 Å². The van der Waals surface area contributed by atoms with Crippen molar-refractivity contribution in [2.75, 3.05) is 26.7 Å². The molecule has 1 aliphatic rings. The second kappa shape index (κ2) is 7.85. The molecule has 0 spiro atoms. The van der Waals surface area contributed by atoms with Crippen molar-refractivity contribution in [1.82, 2.24) is 24.8 Å². The van der Waals surface area contributed by atoms with Gasteiger partial charge < -0.3 is 15.0 Å². The number of H-pyrrole nitrogens is 1. The van der Waals surface area contributed by atoms with Crippen LogP contribution in [0.15, 0.2) is 47.5 Å². The molecule has 1 atom stereocenters. The lowest BCUT2D eigenvalue weighted by atomic mass is 10.1. The normalized spacial score (nSPS) is 15.6. The molecule has 28 heavy (non-hydrogen) atoms. The van der Waals surface area contributed by atoms with Crippen LogP contribution in [0.5, 0.6) is 5.75 Å². The van der Waals surface area contributed by atoms with E-state index in [0.717, 1.165) is 30.9 Å². The van der Waals surface area contributed by atoms with Gasteiger partial charge in [-0.1, -0.05) is 12.1 Å². The number of likely N-dealkylation sites (tertiary alicyclic amines) is 1. The SMILES string of the molecule is COc1ccc(C(CN2CCCC2)NC(=O)c2c[nH]n3c(=O)ccnc23)cc1. The number of methoxy groups -OCH3 is 1. The van der Waals surface area contributed by atoms with Crippen molar-refractivity contribution in [2.45, 2.75) is 18.9 Å². The smallest absolute Gasteiger partial charge is 0.272 e. The van der Waals surface area contributed by atoms with Crippen molar-refractivity contribution in [3.8, 4) is 5.75 Å². The molecule has 3 heterocycles. The molecule has 1 aromatic carbocycles. The molecule has 1 amide bonds. The first-order chi connectivity index (χ1) is 13.7. The lowest BCUT2D eigenvalue weighted by Gasteiger charge is -2.25. The fourth-order valence-electron chi connectivity index (χ4n) is 3.61. The summed E-state index contributed by atoms with van der Waals surface area (Å²) < 4.78 is 6.50. The molecule has 146 valence electrons. The lowest BCUT2D eigenvalue weighted by molar-refractivity contribution is 0.0928. The van der Waals surface area contributed by atoms with Gasteiger partial charge in [-0.25, -0.2) is 9.50 Å². The van der Waals surface area contributed by atoms with E-state index in [1.807, 2.05) is 24.3 Å². The highest BCUT2D eigenvalue weighted by atomic mass is 16.5. The predicted molar refractivity (Wildman–Crippen MR) is 105 cm³/mol. The van der Waals surface area contributed by atoms with Crippen LogP contribution in [0.3, 0.4) is 0 Å². The summed E-state index contributed by atoms with van der Waals surface area (Å²) in [6.45, 7) is 2.80. The van der Waals surface area contributed by atoms with Crippen LogP contribution in [0.25, 0.3) is 5.65 Å². The summed E-state index contributed by atoms with van der Waals surface area (Å²) in [5.41, 5.74) is 1.41. The second-order valence-electron chi connectivity index (χ2n) is 6.94. The van der Waals surface area contributed by atoms with E-state index in [0.29, 0.717) is 11.2 Å². The summed E-state index contributed by atoms with van der Waals surface area (Å²) in [6.07, 6.45) is 5.28. The maximum atomic E-state index is 13.0. The number of aromatic nitrogens is 3. The Bertz CT molecular complexity index is 1020. The topological polar surface area (TPSA) is 91.7 Å². The Morgan fingerprint density at radius 2 is 2.00 bits per heavy atom. The van der Waals surface area contributed by atoms with Gasteiger partial charge in [-0.2, -0.15) is 0 Å². The highest BCUT2D eigenvalue weighted by molar-refractivity contribution is 5.99. The van der Waals surface area contributed by atoms with Crippen LogP contribution in [0.1, 0.15) is 34.8 Å². The second-order valence-corrected chi connectivity index (χ2v) is 6.94. The Hall–Kier alpha value is -3.13. The van der Waals surface area contributed by atoms with Gasteiger partial charge in [0.2, 0.25) is 0 Å². The number of nitrogens with one attached hydrogen (secondary N) is 2. The number of nitrogens with zero attached hydrogens (tertiary/aromatic N) is 3. The standard InChI is InChI=1S/C20H23N5O3/c1-28-15-6-4-14(5-7-15)17(13-24-10-2-3-11-24)23-20(27)16-12-22-25-18(26)8-9-21-19(16)25/h4-9,12,17,22H,2-3,10-11,13H2,1H3,(H,23,27). The number of rotatable bonds is 6. The van der Waals surface area contributed by atoms with Gasteiger partial charge in [0, 0.05) is 25.0 Å². The van der Waals surface area contributed by atoms with Crippen LogP contribution in [-0.4, -0.2) is 52.1 Å². The van der Waals surface area contributed by atoms with Gasteiger partial charge >= 0.3 is 0 Å². The van der Waals surface area contributed by atoms with Crippen LogP contribution in [0.4, 0.5) is 0 Å². The minimum absolute atomic E-state index is 0.179. The van der Waals surface area contributed by atoms with Crippen molar-refractivity contribution < 1.29 is 9.53 Å². The third kappa shape index (κ3) is 3.63. The Morgan fingerprint density at radius 1 is 1.25 bits per heavy atom. The number of amides is 1. The van der Waals surface area contributed by atoms with Crippen molar-refractivity contribution in [1.29, 1.82) is 0 Å². The summed E-state index contributed by atoms with van der Waals surface area (Å²) in [5.74, 6) is 0.507. The highest BCUT2D eigenvalue weighted by Crippen LogP contribution is 2.21. The molecule has 2 N–H and O–H groups in total. The molecule has 3 aromatic rings. The first-order valence-corrected chi connectivity index (χ1v) is 9.38. The summed E-state index contributed by atoms with van der Waals surface area (Å²) in [5, 5.41) is 5.91. The predicted octanol–water partition coefficient (Wildman–Crippen LogP) is 1.60. The lowest BCUT2D eigenvalue weighted by Crippen LogP contribution is -2.37. The van der Waals surface area contributed by atoms with Gasteiger partial charge in [0.25, 0.3) is 11.5 Å². The largest absolute Gasteiger partial charge is 0.497 e. The van der Waals surface area contributed by atoms with E-state index >= 15 is 0 Å². The maximum absolute atomic E-state index is 13.0. The number of carbonyl (C=O) groups excluding carboxylic acids is 1. The molecule has 8 heteroatoms. The van der Waals surface area contributed by atoms with Gasteiger partial charge in [-0.15, -0.1) is 0 Å². The zero-order valence-electron chi connectivity index (χ0n) is 15.7. The van der Waals surface area contributed by atoms with E-state index in [1.165, 1.54) is 35.8 Å². The summed E-state index contributed by atoms with van der Waals surface area (Å²) in [6, 6.07) is 8.90. The molecule has 1 unspecified atom stereocenters. The third-order valence-electron chi connectivity index (χ3n) is 5.13. The Kier molecular flexibility index (Phi) is 5.12. The molecule has 0 aliphatic carbocycles. The summed E-state index contributed by atoms with van der Waals surface area (Å²) in [7, 11) is 1.63. The van der Waals surface area contributed by atoms with Crippen LogP contribution in [-0.2, 0) is 0 Å². The molecular weight excluding hydrogens is 358 g/mol. The average molecular weight is 381 g/mol. The Labute approximate surface area is 162 Å². The molecule has 1 saturated heterocycles. The minimum Gasteiger partial charge on any atom is -0.497 e. The van der Waals surface area contributed by atoms with Crippen LogP contribution in [0, 0.1) is 0 Å². The van der Waals surface area contributed by atoms with Crippen molar-refractivity contribution in [3.63, 3.8) is 0 Å². The monoisotopic (exact) mass is 381 g/mol. The molecule has 4 rings (SSSR count).